The van der Waals surface area contributed by atoms with E-state index in [1.165, 1.54) is 0 Å². The molecule has 6 heteroatoms. The second-order valence-corrected chi connectivity index (χ2v) is 3.53. The molecule has 0 aromatic heterocycles. The van der Waals surface area contributed by atoms with Crippen LogP contribution in [0.2, 0.25) is 0 Å². The fourth-order valence-corrected chi connectivity index (χ4v) is 1.71. The van der Waals surface area contributed by atoms with Crippen LogP contribution in [0, 0.1) is 11.3 Å². The van der Waals surface area contributed by atoms with Crippen molar-refractivity contribution in [1.29, 1.82) is 5.41 Å². The van der Waals surface area contributed by atoms with Gasteiger partial charge < -0.3 is 15.5 Å². The van der Waals surface area contributed by atoms with Gasteiger partial charge in [0.2, 0.25) is 11.8 Å². The molecule has 0 spiro atoms. The van der Waals surface area contributed by atoms with E-state index in [0.29, 0.717) is 13.1 Å². The Kier molecular flexibility index (Phi) is 4.51. The minimum Gasteiger partial charge on any atom is -0.394 e. The highest BCUT2D eigenvalue weighted by Gasteiger charge is 2.25. The zero-order valence-corrected chi connectivity index (χ0v) is 8.95. The number of likely N-dealkylation sites (tertiary alicyclic amines) is 1. The predicted molar refractivity (Wildman–Crippen MR) is 56.2 cm³/mol. The van der Waals surface area contributed by atoms with Gasteiger partial charge in [-0.05, 0) is 12.8 Å². The van der Waals surface area contributed by atoms with Crippen LogP contribution in [-0.2, 0) is 9.63 Å². The van der Waals surface area contributed by atoms with Crippen molar-refractivity contribution in [2.75, 3.05) is 26.7 Å². The molecule has 0 atom stereocenters. The van der Waals surface area contributed by atoms with Crippen molar-refractivity contribution in [2.45, 2.75) is 12.8 Å². The average Bonchev–Trinajstić information content (AvgIpc) is 2.28. The van der Waals surface area contributed by atoms with Gasteiger partial charge in [0.05, 0.1) is 6.54 Å². The predicted octanol–water partition coefficient (Wildman–Crippen LogP) is -0.688. The molecule has 6 nitrogen and oxygen atoms in total. The van der Waals surface area contributed by atoms with Gasteiger partial charge in [-0.15, -0.1) is 0 Å². The lowest BCUT2D eigenvalue weighted by Crippen LogP contribution is -2.43. The molecule has 15 heavy (non-hydrogen) atoms. The number of carbonyl (C=O) groups is 1. The smallest absolute Gasteiger partial charge is 0.236 e. The molecule has 0 bridgehead atoms. The molecule has 1 aliphatic heterocycles. The number of piperidine rings is 1. The number of hydrogen-bond acceptors (Lipinski definition) is 5. The van der Waals surface area contributed by atoms with E-state index in [4.69, 9.17) is 16.0 Å². The molecule has 86 valence electrons. The molecule has 0 aromatic carbocycles. The molecule has 1 amide bonds. The van der Waals surface area contributed by atoms with Crippen LogP contribution in [0.5, 0.6) is 0 Å². The van der Waals surface area contributed by atoms with Crippen LogP contribution in [0.15, 0.2) is 0 Å². The van der Waals surface area contributed by atoms with Gasteiger partial charge in [-0.25, -0.2) is 0 Å². The fourth-order valence-electron chi connectivity index (χ4n) is 1.71. The van der Waals surface area contributed by atoms with E-state index >= 15 is 0 Å². The third-order valence-electron chi connectivity index (χ3n) is 2.61. The summed E-state index contributed by atoms with van der Waals surface area (Å²) in [6.07, 6.45) is 1.54. The van der Waals surface area contributed by atoms with E-state index in [2.05, 4.69) is 5.48 Å². The first kappa shape index (κ1) is 11.9. The molecule has 0 aliphatic carbocycles. The molecule has 1 rings (SSSR count). The number of hydroxylamine groups is 1. The van der Waals surface area contributed by atoms with Gasteiger partial charge >= 0.3 is 0 Å². The summed E-state index contributed by atoms with van der Waals surface area (Å²) in [7, 11) is 1.63. The van der Waals surface area contributed by atoms with Gasteiger partial charge in [0.15, 0.2) is 0 Å². The normalized spacial score (nSPS) is 17.6. The van der Waals surface area contributed by atoms with Crippen molar-refractivity contribution in [1.82, 2.24) is 10.4 Å². The Balaban J connectivity index is 2.35. The van der Waals surface area contributed by atoms with Crippen molar-refractivity contribution in [3.05, 3.63) is 0 Å². The Bertz CT molecular complexity index is 236. The lowest BCUT2D eigenvalue weighted by atomic mass is 9.97. The Morgan fingerprint density at radius 2 is 2.20 bits per heavy atom. The summed E-state index contributed by atoms with van der Waals surface area (Å²) in [6.45, 7) is 1.39. The largest absolute Gasteiger partial charge is 0.394 e. The third-order valence-corrected chi connectivity index (χ3v) is 2.61. The van der Waals surface area contributed by atoms with E-state index in [-0.39, 0.29) is 24.3 Å². The first-order valence-corrected chi connectivity index (χ1v) is 5.09. The highest BCUT2D eigenvalue weighted by molar-refractivity contribution is 5.79. The molecule has 0 aromatic rings. The number of amides is 1. The lowest BCUT2D eigenvalue weighted by molar-refractivity contribution is -0.130. The lowest BCUT2D eigenvalue weighted by Gasteiger charge is -2.31. The van der Waals surface area contributed by atoms with Crippen molar-refractivity contribution < 1.29 is 9.63 Å². The van der Waals surface area contributed by atoms with E-state index in [1.54, 1.807) is 11.9 Å². The van der Waals surface area contributed by atoms with Crippen LogP contribution in [0.1, 0.15) is 12.8 Å². The van der Waals surface area contributed by atoms with Crippen LogP contribution >= 0.6 is 0 Å². The zero-order chi connectivity index (χ0) is 11.3. The highest BCUT2D eigenvalue weighted by Crippen LogP contribution is 2.18. The maximum Gasteiger partial charge on any atom is 0.236 e. The fraction of sp³-hybridized carbons (Fsp3) is 0.778. The molecule has 1 fully saturated rings. The summed E-state index contributed by atoms with van der Waals surface area (Å²) in [5.41, 5.74) is 7.76. The standard InChI is InChI=1S/C9H18N4O2/c1-12-15-9(11)7-2-4-13(5-3-7)8(14)6-10/h7,11-12H,2-6,10H2,1H3. The Labute approximate surface area is 89.2 Å². The molecular formula is C9H18N4O2. The summed E-state index contributed by atoms with van der Waals surface area (Å²) < 4.78 is 0. The summed E-state index contributed by atoms with van der Waals surface area (Å²) in [6, 6.07) is 0. The quantitative estimate of drug-likeness (QED) is 0.329. The van der Waals surface area contributed by atoms with E-state index in [9.17, 15) is 4.79 Å². The topological polar surface area (TPSA) is 91.4 Å². The highest BCUT2D eigenvalue weighted by atomic mass is 16.6. The SMILES string of the molecule is CNOC(=N)C1CCN(C(=O)CN)CC1. The van der Waals surface area contributed by atoms with Crippen LogP contribution in [0.25, 0.3) is 0 Å². The molecule has 0 unspecified atom stereocenters. The van der Waals surface area contributed by atoms with E-state index < -0.39 is 0 Å². The first-order chi connectivity index (χ1) is 7.19. The second kappa shape index (κ2) is 5.67. The Morgan fingerprint density at radius 1 is 1.60 bits per heavy atom. The molecule has 1 aliphatic rings. The van der Waals surface area contributed by atoms with Crippen molar-refractivity contribution in [3.8, 4) is 0 Å². The minimum absolute atomic E-state index is 0.0190. The van der Waals surface area contributed by atoms with Gasteiger partial charge in [0.1, 0.15) is 0 Å². The molecule has 1 heterocycles. The molecule has 4 N–H and O–H groups in total. The number of nitrogens with zero attached hydrogens (tertiary/aromatic N) is 1. The van der Waals surface area contributed by atoms with Gasteiger partial charge in [0.25, 0.3) is 0 Å². The van der Waals surface area contributed by atoms with Crippen molar-refractivity contribution in [2.24, 2.45) is 11.7 Å². The molecule has 1 saturated heterocycles. The van der Waals surface area contributed by atoms with E-state index in [1.807, 2.05) is 0 Å². The molecular weight excluding hydrogens is 196 g/mol. The van der Waals surface area contributed by atoms with Crippen molar-refractivity contribution >= 4 is 11.8 Å². The van der Waals surface area contributed by atoms with Crippen LogP contribution < -0.4 is 11.2 Å². The van der Waals surface area contributed by atoms with Gasteiger partial charge in [-0.3, -0.25) is 10.2 Å². The summed E-state index contributed by atoms with van der Waals surface area (Å²) in [5, 5.41) is 7.59. The zero-order valence-electron chi connectivity index (χ0n) is 8.95. The number of rotatable bonds is 3. The third kappa shape index (κ3) is 3.17. The van der Waals surface area contributed by atoms with Gasteiger partial charge in [0, 0.05) is 26.1 Å². The Hall–Kier alpha value is -1.14. The second-order valence-electron chi connectivity index (χ2n) is 3.53. The summed E-state index contributed by atoms with van der Waals surface area (Å²) in [4.78, 5) is 17.9. The summed E-state index contributed by atoms with van der Waals surface area (Å²) >= 11 is 0. The first-order valence-electron chi connectivity index (χ1n) is 5.09. The molecule has 0 saturated carbocycles. The number of nitrogens with two attached hydrogens (primary N) is 1. The number of nitrogens with one attached hydrogen (secondary N) is 2. The van der Waals surface area contributed by atoms with E-state index in [0.717, 1.165) is 12.8 Å². The van der Waals surface area contributed by atoms with Crippen LogP contribution in [0.3, 0.4) is 0 Å². The van der Waals surface area contributed by atoms with Gasteiger partial charge in [-0.1, -0.05) is 0 Å². The van der Waals surface area contributed by atoms with Crippen LogP contribution in [0.4, 0.5) is 0 Å². The average molecular weight is 214 g/mol. The van der Waals surface area contributed by atoms with Crippen LogP contribution in [-0.4, -0.2) is 43.4 Å². The van der Waals surface area contributed by atoms with Gasteiger partial charge in [-0.2, -0.15) is 5.48 Å². The Morgan fingerprint density at radius 3 is 2.67 bits per heavy atom. The maximum atomic E-state index is 11.3. The molecule has 0 radical (unpaired) electrons. The van der Waals surface area contributed by atoms with Crippen molar-refractivity contribution in [3.63, 3.8) is 0 Å². The number of carbonyl (C=O) groups excluding carboxylic acids is 1. The monoisotopic (exact) mass is 214 g/mol. The number of hydrogen-bond donors (Lipinski definition) is 3. The maximum absolute atomic E-state index is 11.3. The summed E-state index contributed by atoms with van der Waals surface area (Å²) in [5.74, 6) is 0.339. The minimum atomic E-state index is -0.0190.